The Labute approximate surface area is 163 Å². The number of aryl methyl sites for hydroxylation is 3. The minimum absolute atomic E-state index is 0.268. The van der Waals surface area contributed by atoms with E-state index < -0.39 is 11.9 Å². The van der Waals surface area contributed by atoms with Crippen molar-refractivity contribution in [2.45, 2.75) is 27.7 Å². The molecule has 0 unspecified atom stereocenters. The van der Waals surface area contributed by atoms with E-state index in [1.54, 1.807) is 16.8 Å². The van der Waals surface area contributed by atoms with E-state index in [-0.39, 0.29) is 12.2 Å². The Balaban J connectivity index is 1.59. The van der Waals surface area contributed by atoms with Crippen molar-refractivity contribution in [3.63, 3.8) is 0 Å². The molecule has 0 saturated heterocycles. The van der Waals surface area contributed by atoms with Crippen LogP contribution in [0.3, 0.4) is 0 Å². The Morgan fingerprint density at radius 3 is 2.54 bits per heavy atom. The summed E-state index contributed by atoms with van der Waals surface area (Å²) in [4.78, 5) is 28.5. The molecule has 28 heavy (non-hydrogen) atoms. The minimum Gasteiger partial charge on any atom is -0.452 e. The summed E-state index contributed by atoms with van der Waals surface area (Å²) in [6.07, 6.45) is 1.41. The number of anilines is 1. The van der Waals surface area contributed by atoms with Gasteiger partial charge in [-0.05, 0) is 63.1 Å². The molecule has 1 amide bonds. The molecule has 0 fully saturated rings. The van der Waals surface area contributed by atoms with Gasteiger partial charge >= 0.3 is 5.97 Å². The first-order valence-corrected chi connectivity index (χ1v) is 8.88. The first-order valence-electron chi connectivity index (χ1n) is 8.88. The molecule has 144 valence electrons. The third-order valence-corrected chi connectivity index (χ3v) is 4.42. The van der Waals surface area contributed by atoms with E-state index in [2.05, 4.69) is 15.4 Å². The highest BCUT2D eigenvalue weighted by atomic mass is 16.5. The molecule has 0 aliphatic carbocycles. The van der Waals surface area contributed by atoms with Crippen molar-refractivity contribution in [2.24, 2.45) is 0 Å². The fraction of sp³-hybridized carbons (Fsp3) is 0.238. The molecule has 2 aromatic heterocycles. The molecule has 0 aliphatic heterocycles. The monoisotopic (exact) mass is 378 g/mol. The highest BCUT2D eigenvalue weighted by Crippen LogP contribution is 2.18. The number of hydrogen-bond acceptors (Lipinski definition) is 5. The van der Waals surface area contributed by atoms with Crippen LogP contribution in [-0.4, -0.2) is 33.2 Å². The molecule has 0 atom stereocenters. The van der Waals surface area contributed by atoms with Gasteiger partial charge in [-0.1, -0.05) is 12.1 Å². The standard InChI is InChI=1S/C21H22N4O3/c1-13-6-5-7-18(16(13)4)23-20(26)12-28-21(27)17-8-9-19(22-11-17)25-15(3)10-14(2)24-25/h5-11H,12H2,1-4H3,(H,23,26). The Morgan fingerprint density at radius 2 is 1.89 bits per heavy atom. The molecule has 7 heteroatoms. The van der Waals surface area contributed by atoms with E-state index in [4.69, 9.17) is 4.74 Å². The van der Waals surface area contributed by atoms with Gasteiger partial charge in [-0.15, -0.1) is 0 Å². The Morgan fingerprint density at radius 1 is 1.11 bits per heavy atom. The second kappa shape index (κ2) is 8.04. The first-order chi connectivity index (χ1) is 13.3. The fourth-order valence-corrected chi connectivity index (χ4v) is 2.78. The number of esters is 1. The van der Waals surface area contributed by atoms with Gasteiger partial charge in [0.15, 0.2) is 12.4 Å². The number of ether oxygens (including phenoxy) is 1. The number of benzene rings is 1. The van der Waals surface area contributed by atoms with Crippen molar-refractivity contribution in [3.8, 4) is 5.82 Å². The Hall–Kier alpha value is -3.48. The molecule has 3 aromatic rings. The summed E-state index contributed by atoms with van der Waals surface area (Å²) in [5.74, 6) is -0.396. The van der Waals surface area contributed by atoms with Crippen LogP contribution in [0.1, 0.15) is 32.9 Å². The maximum atomic E-state index is 12.2. The molecule has 3 rings (SSSR count). The molecule has 1 aromatic carbocycles. The SMILES string of the molecule is Cc1cc(C)n(-c2ccc(C(=O)OCC(=O)Nc3cccc(C)c3C)cn2)n1. The average Bonchev–Trinajstić information content (AvgIpc) is 3.02. The number of carbonyl (C=O) groups is 2. The van der Waals surface area contributed by atoms with Crippen LogP contribution < -0.4 is 5.32 Å². The summed E-state index contributed by atoms with van der Waals surface area (Å²) in [5.41, 5.74) is 4.86. The zero-order valence-corrected chi connectivity index (χ0v) is 16.3. The number of amides is 1. The highest BCUT2D eigenvalue weighted by Gasteiger charge is 2.13. The van der Waals surface area contributed by atoms with Crippen LogP contribution in [0.4, 0.5) is 5.69 Å². The maximum Gasteiger partial charge on any atom is 0.340 e. The van der Waals surface area contributed by atoms with Crippen molar-refractivity contribution in [1.29, 1.82) is 0 Å². The number of nitrogens with one attached hydrogen (secondary N) is 1. The number of pyridine rings is 1. The molecule has 0 radical (unpaired) electrons. The molecule has 0 bridgehead atoms. The zero-order chi connectivity index (χ0) is 20.3. The lowest BCUT2D eigenvalue weighted by molar-refractivity contribution is -0.119. The second-order valence-electron chi connectivity index (χ2n) is 6.62. The molecule has 2 heterocycles. The second-order valence-corrected chi connectivity index (χ2v) is 6.62. The van der Waals surface area contributed by atoms with Crippen LogP contribution in [0.15, 0.2) is 42.6 Å². The Bertz CT molecular complexity index is 1020. The largest absolute Gasteiger partial charge is 0.452 e. The molecular weight excluding hydrogens is 356 g/mol. The Kier molecular flexibility index (Phi) is 5.54. The predicted octanol–water partition coefficient (Wildman–Crippen LogP) is 3.30. The van der Waals surface area contributed by atoms with Gasteiger partial charge in [-0.25, -0.2) is 14.5 Å². The van der Waals surface area contributed by atoms with Gasteiger partial charge in [0.1, 0.15) is 0 Å². The molecule has 0 saturated carbocycles. The number of aromatic nitrogens is 3. The molecule has 7 nitrogen and oxygen atoms in total. The van der Waals surface area contributed by atoms with Crippen LogP contribution in [0, 0.1) is 27.7 Å². The molecular formula is C21H22N4O3. The summed E-state index contributed by atoms with van der Waals surface area (Å²) in [7, 11) is 0. The van der Waals surface area contributed by atoms with Crippen LogP contribution in [0.2, 0.25) is 0 Å². The predicted molar refractivity (Wildman–Crippen MR) is 106 cm³/mol. The van der Waals surface area contributed by atoms with E-state index >= 15 is 0 Å². The van der Waals surface area contributed by atoms with Gasteiger partial charge in [0.2, 0.25) is 0 Å². The van der Waals surface area contributed by atoms with Crippen molar-refractivity contribution < 1.29 is 14.3 Å². The van der Waals surface area contributed by atoms with Gasteiger partial charge in [-0.3, -0.25) is 4.79 Å². The van der Waals surface area contributed by atoms with Gasteiger partial charge in [0.05, 0.1) is 11.3 Å². The van der Waals surface area contributed by atoms with Crippen LogP contribution in [-0.2, 0) is 9.53 Å². The lowest BCUT2D eigenvalue weighted by atomic mass is 10.1. The topological polar surface area (TPSA) is 86.1 Å². The van der Waals surface area contributed by atoms with Gasteiger partial charge in [0.25, 0.3) is 5.91 Å². The van der Waals surface area contributed by atoms with Crippen molar-refractivity contribution >= 4 is 17.6 Å². The summed E-state index contributed by atoms with van der Waals surface area (Å²) < 4.78 is 6.79. The first kappa shape index (κ1) is 19.3. The van der Waals surface area contributed by atoms with Gasteiger partial charge < -0.3 is 10.1 Å². The minimum atomic E-state index is -0.608. The van der Waals surface area contributed by atoms with E-state index in [0.29, 0.717) is 11.5 Å². The zero-order valence-electron chi connectivity index (χ0n) is 16.3. The number of nitrogens with zero attached hydrogens (tertiary/aromatic N) is 3. The van der Waals surface area contributed by atoms with Crippen molar-refractivity contribution in [1.82, 2.24) is 14.8 Å². The summed E-state index contributed by atoms with van der Waals surface area (Å²) in [5, 5.41) is 7.11. The van der Waals surface area contributed by atoms with Gasteiger partial charge in [0, 0.05) is 17.6 Å². The summed E-state index contributed by atoms with van der Waals surface area (Å²) in [6.45, 7) is 7.35. The molecule has 0 spiro atoms. The lowest BCUT2D eigenvalue weighted by Crippen LogP contribution is -2.21. The van der Waals surface area contributed by atoms with Crippen molar-refractivity contribution in [3.05, 3.63) is 70.7 Å². The number of hydrogen-bond donors (Lipinski definition) is 1. The molecule has 0 aliphatic rings. The quantitative estimate of drug-likeness (QED) is 0.689. The van der Waals surface area contributed by atoms with E-state index in [1.165, 1.54) is 6.20 Å². The number of rotatable bonds is 5. The smallest absolute Gasteiger partial charge is 0.340 e. The van der Waals surface area contributed by atoms with E-state index in [1.807, 2.05) is 52.0 Å². The summed E-state index contributed by atoms with van der Waals surface area (Å²) in [6, 6.07) is 10.9. The maximum absolute atomic E-state index is 12.2. The highest BCUT2D eigenvalue weighted by molar-refractivity contribution is 5.95. The fourth-order valence-electron chi connectivity index (χ4n) is 2.78. The van der Waals surface area contributed by atoms with Crippen LogP contribution in [0.5, 0.6) is 0 Å². The van der Waals surface area contributed by atoms with E-state index in [9.17, 15) is 9.59 Å². The molecule has 1 N–H and O–H groups in total. The third-order valence-electron chi connectivity index (χ3n) is 4.42. The lowest BCUT2D eigenvalue weighted by Gasteiger charge is -2.10. The van der Waals surface area contributed by atoms with Crippen molar-refractivity contribution in [2.75, 3.05) is 11.9 Å². The van der Waals surface area contributed by atoms with Crippen LogP contribution >= 0.6 is 0 Å². The average molecular weight is 378 g/mol. The van der Waals surface area contributed by atoms with E-state index in [0.717, 1.165) is 22.5 Å². The normalized spacial score (nSPS) is 10.6. The number of carbonyl (C=O) groups excluding carboxylic acids is 2. The third kappa shape index (κ3) is 4.25. The van der Waals surface area contributed by atoms with Gasteiger partial charge in [-0.2, -0.15) is 5.10 Å². The van der Waals surface area contributed by atoms with Crippen LogP contribution in [0.25, 0.3) is 5.82 Å². The summed E-state index contributed by atoms with van der Waals surface area (Å²) >= 11 is 0.